The fourth-order valence-corrected chi connectivity index (χ4v) is 2.13. The molecule has 106 valence electrons. The SMILES string of the molecule is c1ccc(-c2cc(-c3nc(-c4cccnc4)no3)[nH]n2)cc1. The fourth-order valence-electron chi connectivity index (χ4n) is 2.13. The number of hydrogen-bond donors (Lipinski definition) is 1. The second-order valence-corrected chi connectivity index (χ2v) is 4.70. The summed E-state index contributed by atoms with van der Waals surface area (Å²) in [4.78, 5) is 8.41. The summed E-state index contributed by atoms with van der Waals surface area (Å²) in [5.41, 5.74) is 3.34. The zero-order chi connectivity index (χ0) is 14.8. The molecule has 1 N–H and O–H groups in total. The van der Waals surface area contributed by atoms with Crippen molar-refractivity contribution in [3.8, 4) is 34.2 Å². The van der Waals surface area contributed by atoms with Gasteiger partial charge in [-0.05, 0) is 18.2 Å². The van der Waals surface area contributed by atoms with Gasteiger partial charge in [0.15, 0.2) is 0 Å². The third-order valence-electron chi connectivity index (χ3n) is 3.22. The monoisotopic (exact) mass is 289 g/mol. The van der Waals surface area contributed by atoms with Crippen molar-refractivity contribution >= 4 is 0 Å². The number of nitrogens with one attached hydrogen (secondary N) is 1. The van der Waals surface area contributed by atoms with E-state index < -0.39 is 0 Å². The lowest BCUT2D eigenvalue weighted by atomic mass is 10.1. The van der Waals surface area contributed by atoms with Gasteiger partial charge in [0.05, 0.1) is 5.69 Å². The molecule has 0 spiro atoms. The predicted octanol–water partition coefficient (Wildman–Crippen LogP) is 3.19. The van der Waals surface area contributed by atoms with Crippen molar-refractivity contribution in [1.82, 2.24) is 25.3 Å². The van der Waals surface area contributed by atoms with Crippen LogP contribution in [0.3, 0.4) is 0 Å². The quantitative estimate of drug-likeness (QED) is 0.626. The highest BCUT2D eigenvalue weighted by Gasteiger charge is 2.13. The van der Waals surface area contributed by atoms with Crippen LogP contribution in [0.4, 0.5) is 0 Å². The molecule has 22 heavy (non-hydrogen) atoms. The van der Waals surface area contributed by atoms with Gasteiger partial charge in [0.1, 0.15) is 5.69 Å². The summed E-state index contributed by atoms with van der Waals surface area (Å²) in [5.74, 6) is 0.896. The molecule has 0 aliphatic carbocycles. The smallest absolute Gasteiger partial charge is 0.276 e. The van der Waals surface area contributed by atoms with Crippen LogP contribution in [0.15, 0.2) is 65.4 Å². The predicted molar refractivity (Wildman–Crippen MR) is 80.5 cm³/mol. The van der Waals surface area contributed by atoms with Gasteiger partial charge >= 0.3 is 0 Å². The minimum Gasteiger partial charge on any atom is -0.332 e. The van der Waals surface area contributed by atoms with Gasteiger partial charge in [-0.1, -0.05) is 35.5 Å². The molecule has 4 rings (SSSR count). The number of benzene rings is 1. The first kappa shape index (κ1) is 12.5. The molecule has 0 unspecified atom stereocenters. The molecule has 6 nitrogen and oxygen atoms in total. The van der Waals surface area contributed by atoms with Crippen molar-refractivity contribution in [3.63, 3.8) is 0 Å². The Morgan fingerprint density at radius 2 is 1.82 bits per heavy atom. The Bertz CT molecular complexity index is 807. The first-order valence-electron chi connectivity index (χ1n) is 6.75. The zero-order valence-electron chi connectivity index (χ0n) is 11.5. The Hall–Kier alpha value is -3.28. The van der Waals surface area contributed by atoms with Crippen molar-refractivity contribution in [3.05, 3.63) is 60.9 Å². The summed E-state index contributed by atoms with van der Waals surface area (Å²) in [6.07, 6.45) is 3.39. The number of aromatic amines is 1. The zero-order valence-corrected chi connectivity index (χ0v) is 11.5. The average molecular weight is 289 g/mol. The highest BCUT2D eigenvalue weighted by atomic mass is 16.5. The number of hydrogen-bond acceptors (Lipinski definition) is 5. The maximum absolute atomic E-state index is 5.29. The number of pyridine rings is 1. The summed E-state index contributed by atoms with van der Waals surface area (Å²) in [6, 6.07) is 15.5. The van der Waals surface area contributed by atoms with Crippen molar-refractivity contribution in [1.29, 1.82) is 0 Å². The van der Waals surface area contributed by atoms with Gasteiger partial charge < -0.3 is 4.52 Å². The molecule has 0 saturated carbocycles. The van der Waals surface area contributed by atoms with Crippen LogP contribution < -0.4 is 0 Å². The maximum Gasteiger partial charge on any atom is 0.276 e. The standard InChI is InChI=1S/C16H11N5O/c1-2-5-11(6-3-1)13-9-14(20-19-13)16-18-15(21-22-16)12-7-4-8-17-10-12/h1-10H,(H,19,20). The van der Waals surface area contributed by atoms with E-state index in [1.165, 1.54) is 0 Å². The first-order chi connectivity index (χ1) is 10.9. The molecule has 0 radical (unpaired) electrons. The summed E-state index contributed by atoms with van der Waals surface area (Å²) in [6.45, 7) is 0. The number of H-pyrrole nitrogens is 1. The van der Waals surface area contributed by atoms with Crippen LogP contribution in [0.5, 0.6) is 0 Å². The van der Waals surface area contributed by atoms with Crippen LogP contribution >= 0.6 is 0 Å². The fraction of sp³-hybridized carbons (Fsp3) is 0. The molecule has 0 aliphatic heterocycles. The molecule has 1 aromatic carbocycles. The third-order valence-corrected chi connectivity index (χ3v) is 3.22. The molecule has 0 fully saturated rings. The Morgan fingerprint density at radius 1 is 0.955 bits per heavy atom. The van der Waals surface area contributed by atoms with Crippen LogP contribution in [0.2, 0.25) is 0 Å². The van der Waals surface area contributed by atoms with Crippen LogP contribution in [-0.2, 0) is 0 Å². The molecule has 6 heteroatoms. The molecular weight excluding hydrogens is 278 g/mol. The lowest BCUT2D eigenvalue weighted by molar-refractivity contribution is 0.431. The summed E-state index contributed by atoms with van der Waals surface area (Å²) in [5, 5.41) is 11.2. The number of nitrogens with zero attached hydrogens (tertiary/aromatic N) is 4. The lowest BCUT2D eigenvalue weighted by Gasteiger charge is -1.92. The van der Waals surface area contributed by atoms with Gasteiger partial charge in [0.25, 0.3) is 5.89 Å². The summed E-state index contributed by atoms with van der Waals surface area (Å²) >= 11 is 0. The van der Waals surface area contributed by atoms with Gasteiger partial charge in [-0.2, -0.15) is 10.1 Å². The van der Waals surface area contributed by atoms with Crippen LogP contribution in [0.25, 0.3) is 34.2 Å². The van der Waals surface area contributed by atoms with Crippen molar-refractivity contribution < 1.29 is 4.52 Å². The van der Waals surface area contributed by atoms with Gasteiger partial charge in [0.2, 0.25) is 5.82 Å². The molecule has 0 aliphatic rings. The molecule has 0 bridgehead atoms. The van der Waals surface area contributed by atoms with E-state index in [1.807, 2.05) is 48.5 Å². The molecule has 4 aromatic rings. The molecular formula is C16H11N5O. The minimum atomic E-state index is 0.397. The molecule has 0 atom stereocenters. The molecule has 0 amide bonds. The van der Waals surface area contributed by atoms with Gasteiger partial charge in [-0.3, -0.25) is 10.1 Å². The van der Waals surface area contributed by atoms with E-state index in [-0.39, 0.29) is 0 Å². The average Bonchev–Trinajstić information content (AvgIpc) is 3.26. The summed E-state index contributed by atoms with van der Waals surface area (Å²) in [7, 11) is 0. The first-order valence-corrected chi connectivity index (χ1v) is 6.75. The van der Waals surface area contributed by atoms with E-state index in [0.29, 0.717) is 17.4 Å². The van der Waals surface area contributed by atoms with Gasteiger partial charge in [-0.25, -0.2) is 0 Å². The second kappa shape index (κ2) is 5.25. The van der Waals surface area contributed by atoms with Crippen molar-refractivity contribution in [2.24, 2.45) is 0 Å². The Kier molecular flexibility index (Phi) is 2.97. The topological polar surface area (TPSA) is 80.5 Å². The third kappa shape index (κ3) is 2.26. The Morgan fingerprint density at radius 3 is 2.64 bits per heavy atom. The Balaban J connectivity index is 1.66. The van der Waals surface area contributed by atoms with E-state index in [9.17, 15) is 0 Å². The van der Waals surface area contributed by atoms with E-state index in [1.54, 1.807) is 12.4 Å². The maximum atomic E-state index is 5.29. The number of aromatic nitrogens is 5. The van der Waals surface area contributed by atoms with Crippen molar-refractivity contribution in [2.75, 3.05) is 0 Å². The number of rotatable bonds is 3. The van der Waals surface area contributed by atoms with E-state index in [2.05, 4.69) is 25.3 Å². The largest absolute Gasteiger partial charge is 0.332 e. The highest BCUT2D eigenvalue weighted by Crippen LogP contribution is 2.24. The van der Waals surface area contributed by atoms with Gasteiger partial charge in [-0.15, -0.1) is 0 Å². The highest BCUT2D eigenvalue weighted by molar-refractivity contribution is 5.65. The summed E-state index contributed by atoms with van der Waals surface area (Å²) < 4.78 is 5.29. The van der Waals surface area contributed by atoms with Crippen LogP contribution in [-0.4, -0.2) is 25.3 Å². The van der Waals surface area contributed by atoms with E-state index in [4.69, 9.17) is 4.52 Å². The van der Waals surface area contributed by atoms with Gasteiger partial charge in [0, 0.05) is 23.5 Å². The van der Waals surface area contributed by atoms with E-state index in [0.717, 1.165) is 16.8 Å². The molecule has 0 saturated heterocycles. The Labute approximate surface area is 125 Å². The van der Waals surface area contributed by atoms with E-state index >= 15 is 0 Å². The minimum absolute atomic E-state index is 0.397. The van der Waals surface area contributed by atoms with Crippen LogP contribution in [0, 0.1) is 0 Å². The van der Waals surface area contributed by atoms with Crippen molar-refractivity contribution in [2.45, 2.75) is 0 Å². The lowest BCUT2D eigenvalue weighted by Crippen LogP contribution is -1.82. The molecule has 3 aromatic heterocycles. The molecule has 3 heterocycles. The second-order valence-electron chi connectivity index (χ2n) is 4.70. The van der Waals surface area contributed by atoms with Crippen LogP contribution in [0.1, 0.15) is 0 Å². The normalized spacial score (nSPS) is 10.7.